The number of sulfone groups is 1. The summed E-state index contributed by atoms with van der Waals surface area (Å²) in [6, 6.07) is 25.0. The van der Waals surface area contributed by atoms with E-state index in [1.54, 1.807) is 6.92 Å². The van der Waals surface area contributed by atoms with Crippen LogP contribution in [0.4, 0.5) is 43.5 Å². The van der Waals surface area contributed by atoms with Gasteiger partial charge in [0, 0.05) is 67.0 Å². The van der Waals surface area contributed by atoms with Crippen LogP contribution in [0.15, 0.2) is 106 Å². The van der Waals surface area contributed by atoms with Crippen molar-refractivity contribution in [1.29, 1.82) is 0 Å². The van der Waals surface area contributed by atoms with E-state index in [1.165, 1.54) is 11.8 Å². The molecule has 11 nitrogen and oxygen atoms in total. The molecule has 354 valence electrons. The van der Waals surface area contributed by atoms with E-state index in [4.69, 9.17) is 11.6 Å². The molecular formula is C45H48ClF6N7O4S3. The van der Waals surface area contributed by atoms with Crippen molar-refractivity contribution in [2.45, 2.75) is 84.2 Å². The van der Waals surface area contributed by atoms with Crippen LogP contribution in [0.2, 0.25) is 5.02 Å². The average Bonchev–Trinajstić information content (AvgIpc) is 3.26. The first-order valence-electron chi connectivity index (χ1n) is 21.0. The van der Waals surface area contributed by atoms with Crippen molar-refractivity contribution in [3.8, 4) is 11.1 Å². The molecule has 1 saturated heterocycles. The molecule has 2 aliphatic heterocycles. The van der Waals surface area contributed by atoms with Crippen molar-refractivity contribution in [3.05, 3.63) is 119 Å². The first-order chi connectivity index (χ1) is 31.1. The van der Waals surface area contributed by atoms with E-state index >= 15 is 0 Å². The van der Waals surface area contributed by atoms with Crippen LogP contribution in [-0.4, -0.2) is 93.7 Å². The van der Waals surface area contributed by atoms with Crippen molar-refractivity contribution in [3.63, 3.8) is 0 Å². The van der Waals surface area contributed by atoms with Crippen molar-refractivity contribution in [2.75, 3.05) is 54.4 Å². The Morgan fingerprint density at radius 1 is 0.879 bits per heavy atom. The summed E-state index contributed by atoms with van der Waals surface area (Å²) >= 11 is 7.60. The molecule has 4 aromatic carbocycles. The number of alkyl halides is 6. The third-order valence-electron chi connectivity index (χ3n) is 11.7. The number of piperidine rings is 1. The molecule has 0 bridgehead atoms. The lowest BCUT2D eigenvalue weighted by atomic mass is 9.96. The van der Waals surface area contributed by atoms with E-state index in [-0.39, 0.29) is 30.3 Å². The smallest absolute Gasteiger partial charge is 0.382 e. The highest BCUT2D eigenvalue weighted by Gasteiger charge is 2.48. The highest BCUT2D eigenvalue weighted by molar-refractivity contribution is 7.99. The van der Waals surface area contributed by atoms with Crippen LogP contribution in [0.25, 0.3) is 11.1 Å². The van der Waals surface area contributed by atoms with Gasteiger partial charge in [0.25, 0.3) is 19.9 Å². The maximum atomic E-state index is 14.3. The van der Waals surface area contributed by atoms with Crippen molar-refractivity contribution in [2.24, 2.45) is 0 Å². The Morgan fingerprint density at radius 3 is 2.21 bits per heavy atom. The molecule has 2 N–H and O–H groups in total. The van der Waals surface area contributed by atoms with Crippen LogP contribution in [0.3, 0.4) is 0 Å². The number of hydrogen-bond donors (Lipinski definition) is 2. The van der Waals surface area contributed by atoms with Gasteiger partial charge >= 0.3 is 11.7 Å². The largest absolute Gasteiger partial charge is 0.501 e. The Morgan fingerprint density at radius 2 is 1.56 bits per heavy atom. The second-order valence-corrected chi connectivity index (χ2v) is 21.7. The van der Waals surface area contributed by atoms with Crippen LogP contribution < -0.4 is 14.9 Å². The van der Waals surface area contributed by atoms with Gasteiger partial charge in [-0.05, 0) is 123 Å². The number of likely N-dealkylation sites (tertiary alicyclic amines) is 1. The first kappa shape index (κ1) is 49.3. The van der Waals surface area contributed by atoms with E-state index in [0.717, 1.165) is 52.5 Å². The third-order valence-corrected chi connectivity index (χ3v) is 15.8. The fraction of sp³-hybridized carbons (Fsp3) is 0.378. The number of aromatic nitrogens is 2. The number of halogens is 7. The number of sulfonamides is 1. The second-order valence-electron chi connectivity index (χ2n) is 16.5. The summed E-state index contributed by atoms with van der Waals surface area (Å²) in [4.78, 5) is 12.3. The number of hydrogen-bond acceptors (Lipinski definition) is 11. The molecule has 21 heteroatoms. The normalized spacial score (nSPS) is 16.2. The highest BCUT2D eigenvalue weighted by atomic mass is 35.5. The van der Waals surface area contributed by atoms with E-state index < -0.39 is 64.7 Å². The minimum absolute atomic E-state index is 0.00609. The van der Waals surface area contributed by atoms with Gasteiger partial charge in [0.15, 0.2) is 0 Å². The summed E-state index contributed by atoms with van der Waals surface area (Å²) in [7, 11) is -7.34. The molecule has 2 aliphatic rings. The van der Waals surface area contributed by atoms with Crippen LogP contribution in [0.1, 0.15) is 48.8 Å². The molecule has 7 rings (SSSR count). The quantitative estimate of drug-likeness (QED) is 0.0769. The molecule has 0 spiro atoms. The number of nitrogens with zero attached hydrogens (tertiary/aromatic N) is 5. The van der Waals surface area contributed by atoms with Gasteiger partial charge in [-0.3, -0.25) is 14.5 Å². The highest BCUT2D eigenvalue weighted by Crippen LogP contribution is 2.38. The SMILES string of the molecule is C[C@H](CCSc1ccc(N(C)C)cc1)Nc1ccc(S(=O)(=O)Nc2nc(C(F)(F)F)nc3c2CCN(C2CCN(Cc4ccccc4-c4ccc(Cl)cc4)CC2)C3)cc1S(=O)(=O)C(F)(F)F. The molecule has 1 atom stereocenters. The zero-order chi connectivity index (χ0) is 47.6. The molecule has 66 heavy (non-hydrogen) atoms. The second kappa shape index (κ2) is 19.9. The molecule has 0 amide bonds. The lowest BCUT2D eigenvalue weighted by Gasteiger charge is -2.40. The predicted molar refractivity (Wildman–Crippen MR) is 246 cm³/mol. The Bertz CT molecular complexity index is 2740. The maximum absolute atomic E-state index is 14.3. The number of anilines is 3. The van der Waals surface area contributed by atoms with Gasteiger partial charge in [0.2, 0.25) is 5.82 Å². The lowest BCUT2D eigenvalue weighted by Crippen LogP contribution is -2.46. The summed E-state index contributed by atoms with van der Waals surface area (Å²) in [6.45, 7) is 4.07. The topological polar surface area (TPSA) is 128 Å². The standard InChI is InChI=1S/C45H48ClF6N7O4S3/c1-29(21-25-64-35-14-12-33(13-15-35)57(2)3)53-39-17-16-36(26-41(39)65(60,61)45(50,51)52)66(62,63)56-42-38-20-24-59(28-40(38)54-43(55-42)44(47,48)49)34-18-22-58(23-19-34)27-31-6-4-5-7-37(31)30-8-10-32(46)11-9-30/h4-17,26,29,34,53H,18-25,27-28H2,1-3H3,(H,54,55,56)/t29-/m1/s1. The Kier molecular flexibility index (Phi) is 14.9. The minimum Gasteiger partial charge on any atom is -0.382 e. The molecule has 5 aromatic rings. The molecule has 1 aromatic heterocycles. The Hall–Kier alpha value is -4.60. The fourth-order valence-electron chi connectivity index (χ4n) is 8.08. The molecule has 0 radical (unpaired) electrons. The van der Waals surface area contributed by atoms with Crippen molar-refractivity contribution in [1.82, 2.24) is 19.8 Å². The first-order valence-corrected chi connectivity index (χ1v) is 25.3. The monoisotopic (exact) mass is 995 g/mol. The van der Waals surface area contributed by atoms with Crippen LogP contribution in [0.5, 0.6) is 0 Å². The van der Waals surface area contributed by atoms with Crippen molar-refractivity contribution < 1.29 is 43.2 Å². The van der Waals surface area contributed by atoms with Crippen LogP contribution in [-0.2, 0) is 45.5 Å². The van der Waals surface area contributed by atoms with Gasteiger partial charge in [-0.1, -0.05) is 48.0 Å². The van der Waals surface area contributed by atoms with E-state index in [9.17, 15) is 43.2 Å². The average molecular weight is 997 g/mol. The summed E-state index contributed by atoms with van der Waals surface area (Å²) in [5.41, 5.74) is -1.99. The minimum atomic E-state index is -6.13. The third kappa shape index (κ3) is 11.6. The molecule has 3 heterocycles. The molecular weight excluding hydrogens is 948 g/mol. The summed E-state index contributed by atoms with van der Waals surface area (Å²) in [5, 5.41) is 3.42. The molecule has 0 aliphatic carbocycles. The Labute approximate surface area is 389 Å². The van der Waals surface area contributed by atoms with Gasteiger partial charge in [-0.25, -0.2) is 26.8 Å². The fourth-order valence-corrected chi connectivity index (χ4v) is 11.3. The number of rotatable bonds is 15. The Balaban J connectivity index is 1.06. The predicted octanol–water partition coefficient (Wildman–Crippen LogP) is 9.98. The summed E-state index contributed by atoms with van der Waals surface area (Å²) in [5.74, 6) is -1.78. The van der Waals surface area contributed by atoms with E-state index in [0.29, 0.717) is 49.2 Å². The van der Waals surface area contributed by atoms with E-state index in [2.05, 4.69) is 32.3 Å². The zero-order valence-corrected chi connectivity index (χ0v) is 39.3. The maximum Gasteiger partial charge on any atom is 0.501 e. The zero-order valence-electron chi connectivity index (χ0n) is 36.1. The summed E-state index contributed by atoms with van der Waals surface area (Å²) in [6.07, 6.45) is -3.21. The van der Waals surface area contributed by atoms with Gasteiger partial charge in [-0.15, -0.1) is 11.8 Å². The molecule has 0 saturated carbocycles. The number of nitrogens with one attached hydrogen (secondary N) is 2. The number of benzene rings is 4. The summed E-state index contributed by atoms with van der Waals surface area (Å²) < 4.78 is 141. The number of thioether (sulfide) groups is 1. The van der Waals surface area contributed by atoms with Crippen LogP contribution >= 0.6 is 23.4 Å². The number of fused-ring (bicyclic) bond motifs is 1. The van der Waals surface area contributed by atoms with Crippen molar-refractivity contribution >= 4 is 60.4 Å². The van der Waals surface area contributed by atoms with Gasteiger partial charge < -0.3 is 10.2 Å². The van der Waals surface area contributed by atoms with Crippen LogP contribution in [0, 0.1) is 0 Å². The van der Waals surface area contributed by atoms with E-state index in [1.807, 2.05) is 89.3 Å². The molecule has 0 unspecified atom stereocenters. The molecule has 1 fully saturated rings. The van der Waals surface area contributed by atoms with Gasteiger partial charge in [0.1, 0.15) is 10.7 Å². The van der Waals surface area contributed by atoms with Gasteiger partial charge in [-0.2, -0.15) is 26.3 Å². The van der Waals surface area contributed by atoms with Gasteiger partial charge in [0.05, 0.1) is 16.3 Å². The lowest BCUT2D eigenvalue weighted by molar-refractivity contribution is -0.145.